The van der Waals surface area contributed by atoms with Crippen LogP contribution in [-0.2, 0) is 9.53 Å². The Morgan fingerprint density at radius 3 is 2.71 bits per heavy atom. The van der Waals surface area contributed by atoms with Gasteiger partial charge in [-0.1, -0.05) is 6.07 Å². The molecule has 0 amide bonds. The van der Waals surface area contributed by atoms with Crippen LogP contribution in [0.3, 0.4) is 0 Å². The first-order valence-corrected chi connectivity index (χ1v) is 7.08. The molecule has 112 valence electrons. The van der Waals surface area contributed by atoms with E-state index in [1.165, 1.54) is 13.2 Å². The van der Waals surface area contributed by atoms with Crippen molar-refractivity contribution in [3.8, 4) is 0 Å². The molecule has 5 nitrogen and oxygen atoms in total. The molecule has 21 heavy (non-hydrogen) atoms. The SMILES string of the molecule is COC(=O)[C@H]1CC[C@@H](n2c(=O)[nH]c3c(F)cccc32)CC1. The number of aromatic amines is 1. The molecule has 1 aromatic carbocycles. The predicted molar refractivity (Wildman–Crippen MR) is 75.5 cm³/mol. The fraction of sp³-hybridized carbons (Fsp3) is 0.467. The third-order valence-electron chi connectivity index (χ3n) is 4.30. The van der Waals surface area contributed by atoms with E-state index in [0.29, 0.717) is 31.2 Å². The summed E-state index contributed by atoms with van der Waals surface area (Å²) in [6.45, 7) is 0. The zero-order valence-corrected chi connectivity index (χ0v) is 11.8. The number of aromatic nitrogens is 2. The highest BCUT2D eigenvalue weighted by atomic mass is 19.1. The van der Waals surface area contributed by atoms with Gasteiger partial charge < -0.3 is 9.72 Å². The van der Waals surface area contributed by atoms with E-state index in [1.807, 2.05) is 0 Å². The van der Waals surface area contributed by atoms with Crippen molar-refractivity contribution >= 4 is 17.0 Å². The quantitative estimate of drug-likeness (QED) is 0.864. The molecular formula is C15H17FN2O3. The Kier molecular flexibility index (Phi) is 3.53. The molecule has 1 aliphatic carbocycles. The molecule has 1 fully saturated rings. The molecule has 1 aliphatic rings. The van der Waals surface area contributed by atoms with E-state index in [1.54, 1.807) is 16.7 Å². The third-order valence-corrected chi connectivity index (χ3v) is 4.30. The van der Waals surface area contributed by atoms with Gasteiger partial charge in [-0.2, -0.15) is 0 Å². The van der Waals surface area contributed by atoms with Gasteiger partial charge in [0.2, 0.25) is 0 Å². The van der Waals surface area contributed by atoms with Crippen LogP contribution in [0, 0.1) is 11.7 Å². The highest BCUT2D eigenvalue weighted by molar-refractivity contribution is 5.76. The lowest BCUT2D eigenvalue weighted by molar-refractivity contribution is -0.146. The van der Waals surface area contributed by atoms with E-state index in [2.05, 4.69) is 4.98 Å². The minimum atomic E-state index is -0.424. The van der Waals surface area contributed by atoms with Crippen LogP contribution in [-0.4, -0.2) is 22.6 Å². The van der Waals surface area contributed by atoms with Gasteiger partial charge in [-0.15, -0.1) is 0 Å². The minimum Gasteiger partial charge on any atom is -0.469 e. The number of nitrogens with one attached hydrogen (secondary N) is 1. The maximum atomic E-state index is 13.7. The topological polar surface area (TPSA) is 64.1 Å². The van der Waals surface area contributed by atoms with Crippen molar-refractivity contribution in [3.05, 3.63) is 34.5 Å². The zero-order valence-electron chi connectivity index (χ0n) is 11.8. The largest absolute Gasteiger partial charge is 0.469 e. The molecule has 0 unspecified atom stereocenters. The Morgan fingerprint density at radius 1 is 1.33 bits per heavy atom. The Labute approximate surface area is 120 Å². The second kappa shape index (κ2) is 5.35. The van der Waals surface area contributed by atoms with E-state index >= 15 is 0 Å². The van der Waals surface area contributed by atoms with Crippen molar-refractivity contribution in [2.24, 2.45) is 5.92 Å². The summed E-state index contributed by atoms with van der Waals surface area (Å²) in [4.78, 5) is 26.2. The summed E-state index contributed by atoms with van der Waals surface area (Å²) in [5.74, 6) is -0.707. The van der Waals surface area contributed by atoms with Gasteiger partial charge in [-0.3, -0.25) is 9.36 Å². The molecule has 1 heterocycles. The van der Waals surface area contributed by atoms with Gasteiger partial charge in [0.25, 0.3) is 0 Å². The van der Waals surface area contributed by atoms with E-state index < -0.39 is 5.82 Å². The molecular weight excluding hydrogens is 275 g/mol. The maximum Gasteiger partial charge on any atom is 0.326 e. The summed E-state index contributed by atoms with van der Waals surface area (Å²) in [7, 11) is 1.39. The number of imidazole rings is 1. The Bertz CT molecular complexity index is 726. The standard InChI is InChI=1S/C15H17FN2O3/c1-21-14(19)9-5-7-10(8-6-9)18-12-4-2-3-11(16)13(12)17-15(18)20/h2-4,9-10H,5-8H2,1H3,(H,17,20)/t9-,10+. The van der Waals surface area contributed by atoms with Crippen LogP contribution in [0.4, 0.5) is 4.39 Å². The molecule has 1 aromatic heterocycles. The van der Waals surface area contributed by atoms with Gasteiger partial charge in [0, 0.05) is 6.04 Å². The lowest BCUT2D eigenvalue weighted by Gasteiger charge is -2.27. The van der Waals surface area contributed by atoms with Crippen LogP contribution < -0.4 is 5.69 Å². The summed E-state index contributed by atoms with van der Waals surface area (Å²) in [5.41, 5.74) is 0.538. The zero-order chi connectivity index (χ0) is 15.0. The first kappa shape index (κ1) is 13.9. The summed E-state index contributed by atoms with van der Waals surface area (Å²) in [5, 5.41) is 0. The summed E-state index contributed by atoms with van der Waals surface area (Å²) in [6, 6.07) is 4.66. The Morgan fingerprint density at radius 2 is 2.05 bits per heavy atom. The number of carbonyl (C=O) groups excluding carboxylic acids is 1. The number of H-pyrrole nitrogens is 1. The highest BCUT2D eigenvalue weighted by Gasteiger charge is 2.29. The molecule has 0 bridgehead atoms. The van der Waals surface area contributed by atoms with Crippen molar-refractivity contribution in [1.82, 2.24) is 9.55 Å². The normalized spacial score (nSPS) is 22.4. The van der Waals surface area contributed by atoms with Crippen molar-refractivity contribution in [2.45, 2.75) is 31.7 Å². The molecule has 0 spiro atoms. The number of para-hydroxylation sites is 1. The first-order chi connectivity index (χ1) is 10.1. The lowest BCUT2D eigenvalue weighted by Crippen LogP contribution is -2.29. The second-order valence-corrected chi connectivity index (χ2v) is 5.46. The fourth-order valence-electron chi connectivity index (χ4n) is 3.21. The van der Waals surface area contributed by atoms with E-state index in [4.69, 9.17) is 4.74 Å². The van der Waals surface area contributed by atoms with Gasteiger partial charge in [0.1, 0.15) is 11.3 Å². The van der Waals surface area contributed by atoms with Gasteiger partial charge in [0.15, 0.2) is 0 Å². The second-order valence-electron chi connectivity index (χ2n) is 5.46. The third kappa shape index (κ3) is 2.34. The van der Waals surface area contributed by atoms with Crippen LogP contribution in [0.1, 0.15) is 31.7 Å². The summed E-state index contributed by atoms with van der Waals surface area (Å²) < 4.78 is 20.1. The predicted octanol–water partition coefficient (Wildman–Crippen LogP) is 2.37. The molecule has 1 saturated carbocycles. The molecule has 2 aromatic rings. The molecule has 0 aliphatic heterocycles. The number of fused-ring (bicyclic) bond motifs is 1. The summed E-state index contributed by atoms with van der Waals surface area (Å²) >= 11 is 0. The van der Waals surface area contributed by atoms with E-state index in [-0.39, 0.29) is 29.1 Å². The van der Waals surface area contributed by atoms with Crippen molar-refractivity contribution in [1.29, 1.82) is 0 Å². The highest BCUT2D eigenvalue weighted by Crippen LogP contribution is 2.33. The minimum absolute atomic E-state index is 0.00560. The molecule has 0 radical (unpaired) electrons. The molecule has 0 saturated heterocycles. The number of carbonyl (C=O) groups is 1. The van der Waals surface area contributed by atoms with Gasteiger partial charge in [-0.05, 0) is 37.8 Å². The molecule has 6 heteroatoms. The number of nitrogens with zero attached hydrogens (tertiary/aromatic N) is 1. The fourth-order valence-corrected chi connectivity index (χ4v) is 3.21. The number of ether oxygens (including phenoxy) is 1. The van der Waals surface area contributed by atoms with Gasteiger partial charge in [-0.25, -0.2) is 9.18 Å². The smallest absolute Gasteiger partial charge is 0.326 e. The van der Waals surface area contributed by atoms with Gasteiger partial charge in [0.05, 0.1) is 18.5 Å². The van der Waals surface area contributed by atoms with Crippen molar-refractivity contribution in [3.63, 3.8) is 0 Å². The average Bonchev–Trinajstić information content (AvgIpc) is 2.84. The Hall–Kier alpha value is -2.11. The Balaban J connectivity index is 1.89. The number of hydrogen-bond acceptors (Lipinski definition) is 3. The number of halogens is 1. The number of rotatable bonds is 2. The van der Waals surface area contributed by atoms with Crippen LogP contribution in [0.5, 0.6) is 0 Å². The molecule has 1 N–H and O–H groups in total. The van der Waals surface area contributed by atoms with Crippen LogP contribution in [0.25, 0.3) is 11.0 Å². The van der Waals surface area contributed by atoms with Crippen molar-refractivity contribution < 1.29 is 13.9 Å². The van der Waals surface area contributed by atoms with E-state index in [0.717, 1.165) is 0 Å². The maximum absolute atomic E-state index is 13.7. The molecule has 0 atom stereocenters. The number of benzene rings is 1. The summed E-state index contributed by atoms with van der Waals surface area (Å²) in [6.07, 6.45) is 2.80. The average molecular weight is 292 g/mol. The van der Waals surface area contributed by atoms with Crippen LogP contribution in [0.15, 0.2) is 23.0 Å². The van der Waals surface area contributed by atoms with E-state index in [9.17, 15) is 14.0 Å². The number of methoxy groups -OCH3 is 1. The van der Waals surface area contributed by atoms with Crippen molar-refractivity contribution in [2.75, 3.05) is 7.11 Å². The van der Waals surface area contributed by atoms with Gasteiger partial charge >= 0.3 is 11.7 Å². The molecule has 3 rings (SSSR count). The lowest BCUT2D eigenvalue weighted by atomic mass is 9.86. The number of hydrogen-bond donors (Lipinski definition) is 1. The first-order valence-electron chi connectivity index (χ1n) is 7.08. The van der Waals surface area contributed by atoms with Crippen LogP contribution >= 0.6 is 0 Å². The number of esters is 1. The van der Waals surface area contributed by atoms with Crippen LogP contribution in [0.2, 0.25) is 0 Å². The monoisotopic (exact) mass is 292 g/mol.